The molecule has 0 saturated heterocycles. The predicted octanol–water partition coefficient (Wildman–Crippen LogP) is 3.80. The number of fused-ring (bicyclic) bond motifs is 1. The van der Waals surface area contributed by atoms with Gasteiger partial charge in [-0.25, -0.2) is 0 Å². The zero-order chi connectivity index (χ0) is 24.0. The van der Waals surface area contributed by atoms with Crippen LogP contribution in [0, 0.1) is 0 Å². The van der Waals surface area contributed by atoms with Gasteiger partial charge in [-0.15, -0.1) is 0 Å². The van der Waals surface area contributed by atoms with E-state index in [9.17, 15) is 9.59 Å². The number of nitrogens with two attached hydrogens (primary N) is 1. The molecular weight excluding hydrogens is 467 g/mol. The van der Waals surface area contributed by atoms with E-state index in [1.807, 2.05) is 24.3 Å². The van der Waals surface area contributed by atoms with Crippen molar-refractivity contribution in [2.24, 2.45) is 15.9 Å². The molecule has 0 aliphatic carbocycles. The monoisotopic (exact) mass is 488 g/mol. The molecule has 3 aromatic rings. The van der Waals surface area contributed by atoms with Crippen LogP contribution in [0.15, 0.2) is 52.7 Å². The first-order chi connectivity index (χ1) is 15.8. The minimum absolute atomic E-state index is 0.0751. The number of para-hydroxylation sites is 1. The maximum Gasteiger partial charge on any atom is 0.255 e. The highest BCUT2D eigenvalue weighted by Crippen LogP contribution is 2.31. The molecule has 1 heterocycles. The molecule has 0 spiro atoms. The van der Waals surface area contributed by atoms with Crippen LogP contribution in [0.5, 0.6) is 0 Å². The number of carbonyl (C=O) groups is 2. The number of rotatable bonds is 7. The third kappa shape index (κ3) is 6.24. The standard InChI is InChI=1S/C22H22Cl2N6O3/c1-12(31)28-21-16(23)7-13(8-17(21)24)10-27-22(25)29-20(32)9-19(30-33-2)15-11-26-18-6-4-3-5-14(15)18/h3-8,11,26H,9-10H2,1-2H3,(H,28,31)(H3,25,27,29,32)/b30-19+. The number of aromatic nitrogens is 1. The molecule has 0 unspecified atom stereocenters. The van der Waals surface area contributed by atoms with Crippen LogP contribution in [-0.4, -0.2) is 35.6 Å². The molecule has 1 aromatic heterocycles. The maximum absolute atomic E-state index is 12.5. The van der Waals surface area contributed by atoms with Crippen molar-refractivity contribution in [1.82, 2.24) is 10.3 Å². The second-order valence-electron chi connectivity index (χ2n) is 7.01. The molecule has 0 bridgehead atoms. The summed E-state index contributed by atoms with van der Waals surface area (Å²) in [6.45, 7) is 1.57. The normalized spacial score (nSPS) is 12.0. The maximum atomic E-state index is 12.5. The smallest absolute Gasteiger partial charge is 0.255 e. The van der Waals surface area contributed by atoms with E-state index >= 15 is 0 Å². The number of amides is 2. The summed E-state index contributed by atoms with van der Waals surface area (Å²) in [6, 6.07) is 10.9. The summed E-state index contributed by atoms with van der Waals surface area (Å²) in [4.78, 5) is 35.7. The molecule has 172 valence electrons. The van der Waals surface area contributed by atoms with E-state index < -0.39 is 5.91 Å². The number of nitrogens with one attached hydrogen (secondary N) is 3. The van der Waals surface area contributed by atoms with Crippen molar-refractivity contribution in [3.05, 3.63) is 63.8 Å². The van der Waals surface area contributed by atoms with Crippen LogP contribution in [0.4, 0.5) is 5.69 Å². The number of anilines is 1. The molecule has 5 N–H and O–H groups in total. The molecule has 33 heavy (non-hydrogen) atoms. The van der Waals surface area contributed by atoms with Gasteiger partial charge < -0.3 is 26.2 Å². The van der Waals surface area contributed by atoms with Gasteiger partial charge in [-0.1, -0.05) is 46.6 Å². The molecule has 0 fully saturated rings. The van der Waals surface area contributed by atoms with Gasteiger partial charge in [0.25, 0.3) is 5.91 Å². The number of aliphatic imine (C=N–C) groups is 1. The molecule has 3 rings (SSSR count). The highest BCUT2D eigenvalue weighted by atomic mass is 35.5. The van der Waals surface area contributed by atoms with Crippen molar-refractivity contribution < 1.29 is 14.4 Å². The Bertz CT molecular complexity index is 1230. The SMILES string of the molecule is CO/N=C(\CC(=O)/N=C(/N)NCc1cc(Cl)c(NC(C)=O)c(Cl)c1)c1c[nH]c2ccccc12. The number of oxime groups is 1. The molecule has 0 atom stereocenters. The first kappa shape index (κ1) is 24.1. The summed E-state index contributed by atoms with van der Waals surface area (Å²) in [6.07, 6.45) is 1.65. The molecule has 0 saturated carbocycles. The quantitative estimate of drug-likeness (QED) is 0.228. The summed E-state index contributed by atoms with van der Waals surface area (Å²) in [5.41, 5.74) is 8.96. The largest absolute Gasteiger partial charge is 0.399 e. The van der Waals surface area contributed by atoms with Crippen LogP contribution < -0.4 is 16.4 Å². The Morgan fingerprint density at radius 3 is 2.55 bits per heavy atom. The molecule has 0 aliphatic heterocycles. The Labute approximate surface area is 200 Å². The Morgan fingerprint density at radius 1 is 1.18 bits per heavy atom. The number of carbonyl (C=O) groups excluding carboxylic acids is 2. The van der Waals surface area contributed by atoms with Crippen molar-refractivity contribution in [2.75, 3.05) is 12.4 Å². The van der Waals surface area contributed by atoms with Crippen molar-refractivity contribution in [2.45, 2.75) is 19.9 Å². The second kappa shape index (κ2) is 10.8. The molecule has 0 radical (unpaired) electrons. The minimum atomic E-state index is -0.502. The number of benzene rings is 2. The Balaban J connectivity index is 1.67. The lowest BCUT2D eigenvalue weighted by Crippen LogP contribution is -2.32. The van der Waals surface area contributed by atoms with Gasteiger partial charge in [0.15, 0.2) is 5.96 Å². The van der Waals surface area contributed by atoms with Crippen molar-refractivity contribution >= 4 is 63.3 Å². The minimum Gasteiger partial charge on any atom is -0.399 e. The first-order valence-corrected chi connectivity index (χ1v) is 10.6. The average Bonchev–Trinajstić information content (AvgIpc) is 3.18. The molecular formula is C22H22Cl2N6O3. The van der Waals surface area contributed by atoms with Crippen LogP contribution in [0.2, 0.25) is 10.0 Å². The van der Waals surface area contributed by atoms with E-state index in [2.05, 4.69) is 25.8 Å². The van der Waals surface area contributed by atoms with Crippen LogP contribution in [-0.2, 0) is 21.0 Å². The lowest BCUT2D eigenvalue weighted by atomic mass is 10.1. The fraction of sp³-hybridized carbons (Fsp3) is 0.182. The van der Waals surface area contributed by atoms with E-state index in [0.717, 1.165) is 16.5 Å². The van der Waals surface area contributed by atoms with Crippen molar-refractivity contribution in [3.63, 3.8) is 0 Å². The van der Waals surface area contributed by atoms with Crippen LogP contribution in [0.3, 0.4) is 0 Å². The van der Waals surface area contributed by atoms with Crippen LogP contribution in [0.25, 0.3) is 10.9 Å². The fourth-order valence-corrected chi connectivity index (χ4v) is 3.80. The summed E-state index contributed by atoms with van der Waals surface area (Å²) in [5, 5.41) is 10.9. The molecule has 11 heteroatoms. The van der Waals surface area contributed by atoms with E-state index in [1.54, 1.807) is 18.3 Å². The zero-order valence-corrected chi connectivity index (χ0v) is 19.4. The van der Waals surface area contributed by atoms with Gasteiger partial charge in [-0.3, -0.25) is 9.59 Å². The zero-order valence-electron chi connectivity index (χ0n) is 17.9. The first-order valence-electron chi connectivity index (χ1n) is 9.81. The third-order valence-electron chi connectivity index (χ3n) is 4.54. The summed E-state index contributed by atoms with van der Waals surface area (Å²) in [5.74, 6) is -0.865. The fourth-order valence-electron chi connectivity index (χ4n) is 3.17. The Kier molecular flexibility index (Phi) is 7.92. The summed E-state index contributed by atoms with van der Waals surface area (Å²) in [7, 11) is 1.41. The van der Waals surface area contributed by atoms with Gasteiger partial charge in [0, 0.05) is 36.1 Å². The molecule has 9 nitrogen and oxygen atoms in total. The van der Waals surface area contributed by atoms with Gasteiger partial charge in [-0.05, 0) is 23.8 Å². The molecule has 2 amide bonds. The topological polar surface area (TPSA) is 134 Å². The highest BCUT2D eigenvalue weighted by molar-refractivity contribution is 6.39. The number of hydrogen-bond acceptors (Lipinski definition) is 4. The van der Waals surface area contributed by atoms with Crippen molar-refractivity contribution in [1.29, 1.82) is 0 Å². The van der Waals surface area contributed by atoms with Gasteiger partial charge in [0.1, 0.15) is 7.11 Å². The number of guanidine groups is 1. The predicted molar refractivity (Wildman–Crippen MR) is 131 cm³/mol. The molecule has 2 aromatic carbocycles. The Hall–Kier alpha value is -3.56. The number of aromatic amines is 1. The van der Waals surface area contributed by atoms with Gasteiger partial charge in [0.2, 0.25) is 5.91 Å². The second-order valence-corrected chi connectivity index (χ2v) is 7.82. The molecule has 0 aliphatic rings. The van der Waals surface area contributed by atoms with E-state index in [0.29, 0.717) is 17.0 Å². The van der Waals surface area contributed by atoms with Gasteiger partial charge >= 0.3 is 0 Å². The van der Waals surface area contributed by atoms with Gasteiger partial charge in [-0.2, -0.15) is 4.99 Å². The van der Waals surface area contributed by atoms with E-state index in [-0.39, 0.29) is 34.9 Å². The lowest BCUT2D eigenvalue weighted by Gasteiger charge is -2.11. The van der Waals surface area contributed by atoms with E-state index in [4.69, 9.17) is 33.8 Å². The van der Waals surface area contributed by atoms with Crippen LogP contribution >= 0.6 is 23.2 Å². The van der Waals surface area contributed by atoms with E-state index in [1.165, 1.54) is 14.0 Å². The highest BCUT2D eigenvalue weighted by Gasteiger charge is 2.15. The van der Waals surface area contributed by atoms with Crippen molar-refractivity contribution in [3.8, 4) is 0 Å². The summed E-state index contributed by atoms with van der Waals surface area (Å²) < 4.78 is 0. The number of halogens is 2. The number of nitrogens with zero attached hydrogens (tertiary/aromatic N) is 2. The lowest BCUT2D eigenvalue weighted by molar-refractivity contribution is -0.116. The number of hydrogen-bond donors (Lipinski definition) is 4. The average molecular weight is 489 g/mol. The van der Waals surface area contributed by atoms with Crippen LogP contribution in [0.1, 0.15) is 24.5 Å². The summed E-state index contributed by atoms with van der Waals surface area (Å²) >= 11 is 12.4. The third-order valence-corrected chi connectivity index (χ3v) is 5.14. The number of H-pyrrole nitrogens is 1. The Morgan fingerprint density at radius 2 is 1.88 bits per heavy atom. The van der Waals surface area contributed by atoms with Gasteiger partial charge in [0.05, 0.1) is 27.9 Å².